The first-order valence-electron chi connectivity index (χ1n) is 6.82. The van der Waals surface area contributed by atoms with Crippen LogP contribution in [0.5, 0.6) is 5.75 Å². The van der Waals surface area contributed by atoms with E-state index in [0.29, 0.717) is 18.7 Å². The van der Waals surface area contributed by atoms with Gasteiger partial charge >= 0.3 is 0 Å². The molecule has 0 heterocycles. The Morgan fingerprint density at radius 3 is 2.57 bits per heavy atom. The first kappa shape index (κ1) is 15.5. The van der Waals surface area contributed by atoms with Crippen LogP contribution in [0.2, 0.25) is 0 Å². The zero-order valence-electron chi connectivity index (χ0n) is 12.3. The fraction of sp³-hybridized carbons (Fsp3) is 0.294. The van der Waals surface area contributed by atoms with Gasteiger partial charge in [0.15, 0.2) is 0 Å². The van der Waals surface area contributed by atoms with Crippen LogP contribution in [0.15, 0.2) is 48.5 Å². The molecule has 0 bridgehead atoms. The number of hydrogen-bond donors (Lipinski definition) is 2. The van der Waals surface area contributed by atoms with Crippen LogP contribution in [0.25, 0.3) is 0 Å². The third-order valence-corrected chi connectivity index (χ3v) is 3.55. The van der Waals surface area contributed by atoms with Crippen LogP contribution in [0, 0.1) is 5.82 Å². The minimum atomic E-state index is -0.422. The molecule has 3 nitrogen and oxygen atoms in total. The highest BCUT2D eigenvalue weighted by molar-refractivity contribution is 5.33. The molecule has 21 heavy (non-hydrogen) atoms. The summed E-state index contributed by atoms with van der Waals surface area (Å²) >= 11 is 0. The summed E-state index contributed by atoms with van der Waals surface area (Å²) in [6.45, 7) is 2.83. The minimum absolute atomic E-state index is 0.0803. The summed E-state index contributed by atoms with van der Waals surface area (Å²) in [6, 6.07) is 13.8. The molecule has 0 aliphatic rings. The number of phenolic OH excluding ortho intramolecular Hbond substituents is 1. The van der Waals surface area contributed by atoms with Gasteiger partial charge in [-0.1, -0.05) is 30.3 Å². The number of methoxy groups -OCH3 is 1. The Morgan fingerprint density at radius 2 is 1.90 bits per heavy atom. The standard InChI is InChI=1S/C17H20FNO2/c1-17(12-21-2,14-6-4-3-5-7-14)19-11-13-10-15(18)8-9-16(13)20/h3-10,19-20H,11-12H2,1-2H3/t17-/m0/s1. The molecule has 4 heteroatoms. The highest BCUT2D eigenvalue weighted by Crippen LogP contribution is 2.24. The van der Waals surface area contributed by atoms with Gasteiger partial charge in [0.2, 0.25) is 0 Å². The quantitative estimate of drug-likeness (QED) is 0.858. The van der Waals surface area contributed by atoms with E-state index in [-0.39, 0.29) is 11.6 Å². The molecule has 0 aliphatic carbocycles. The van der Waals surface area contributed by atoms with Crippen molar-refractivity contribution in [2.75, 3.05) is 13.7 Å². The van der Waals surface area contributed by atoms with Crippen LogP contribution in [0.1, 0.15) is 18.1 Å². The van der Waals surface area contributed by atoms with Gasteiger partial charge in [-0.2, -0.15) is 0 Å². The molecule has 2 rings (SSSR count). The van der Waals surface area contributed by atoms with Gasteiger partial charge in [-0.3, -0.25) is 0 Å². The highest BCUT2D eigenvalue weighted by Gasteiger charge is 2.26. The molecular formula is C17H20FNO2. The molecule has 0 aromatic heterocycles. The van der Waals surface area contributed by atoms with Gasteiger partial charge in [-0.15, -0.1) is 0 Å². The lowest BCUT2D eigenvalue weighted by Gasteiger charge is -2.31. The van der Waals surface area contributed by atoms with Crippen molar-refractivity contribution < 1.29 is 14.2 Å². The lowest BCUT2D eigenvalue weighted by molar-refractivity contribution is 0.117. The van der Waals surface area contributed by atoms with Crippen molar-refractivity contribution in [3.8, 4) is 5.75 Å². The fourth-order valence-electron chi connectivity index (χ4n) is 2.32. The second-order valence-corrected chi connectivity index (χ2v) is 5.26. The number of ether oxygens (including phenoxy) is 1. The third-order valence-electron chi connectivity index (χ3n) is 3.55. The van der Waals surface area contributed by atoms with Gasteiger partial charge in [0.05, 0.1) is 12.1 Å². The predicted molar refractivity (Wildman–Crippen MR) is 80.6 cm³/mol. The average molecular weight is 289 g/mol. The van der Waals surface area contributed by atoms with E-state index >= 15 is 0 Å². The Balaban J connectivity index is 2.19. The molecule has 0 spiro atoms. The predicted octanol–water partition coefficient (Wildman–Crippen LogP) is 3.18. The fourth-order valence-corrected chi connectivity index (χ4v) is 2.32. The Hall–Kier alpha value is -1.91. The Labute approximate surface area is 124 Å². The van der Waals surface area contributed by atoms with Crippen molar-refractivity contribution in [3.63, 3.8) is 0 Å². The lowest BCUT2D eigenvalue weighted by atomic mass is 9.92. The van der Waals surface area contributed by atoms with E-state index in [9.17, 15) is 9.50 Å². The average Bonchev–Trinajstić information content (AvgIpc) is 2.49. The summed E-state index contributed by atoms with van der Waals surface area (Å²) in [6.07, 6.45) is 0. The van der Waals surface area contributed by atoms with Gasteiger partial charge < -0.3 is 15.2 Å². The van der Waals surface area contributed by atoms with E-state index in [4.69, 9.17) is 4.74 Å². The van der Waals surface area contributed by atoms with E-state index in [1.807, 2.05) is 37.3 Å². The summed E-state index contributed by atoms with van der Waals surface area (Å²) in [5, 5.41) is 13.1. The maximum atomic E-state index is 13.3. The molecule has 0 amide bonds. The van der Waals surface area contributed by atoms with Gasteiger partial charge in [0.25, 0.3) is 0 Å². The van der Waals surface area contributed by atoms with Crippen molar-refractivity contribution in [3.05, 3.63) is 65.5 Å². The number of halogens is 1. The molecule has 0 aliphatic heterocycles. The Kier molecular flexibility index (Phi) is 4.94. The van der Waals surface area contributed by atoms with Crippen LogP contribution >= 0.6 is 0 Å². The van der Waals surface area contributed by atoms with Crippen LogP contribution in [0.3, 0.4) is 0 Å². The molecule has 2 aromatic rings. The van der Waals surface area contributed by atoms with Crippen molar-refractivity contribution >= 4 is 0 Å². The number of aromatic hydroxyl groups is 1. The smallest absolute Gasteiger partial charge is 0.123 e. The van der Waals surface area contributed by atoms with E-state index in [2.05, 4.69) is 5.32 Å². The molecular weight excluding hydrogens is 269 g/mol. The van der Waals surface area contributed by atoms with Gasteiger partial charge in [0.1, 0.15) is 11.6 Å². The number of benzene rings is 2. The van der Waals surface area contributed by atoms with Crippen molar-refractivity contribution in [2.45, 2.75) is 19.0 Å². The SMILES string of the molecule is COC[C@](C)(NCc1cc(F)ccc1O)c1ccccc1. The monoisotopic (exact) mass is 289 g/mol. The number of hydrogen-bond acceptors (Lipinski definition) is 3. The highest BCUT2D eigenvalue weighted by atomic mass is 19.1. The second-order valence-electron chi connectivity index (χ2n) is 5.26. The third kappa shape index (κ3) is 3.80. The van der Waals surface area contributed by atoms with Crippen molar-refractivity contribution in [1.29, 1.82) is 0 Å². The van der Waals surface area contributed by atoms with Gasteiger partial charge in [0, 0.05) is 19.2 Å². The summed E-state index contributed by atoms with van der Waals surface area (Å²) < 4.78 is 18.6. The minimum Gasteiger partial charge on any atom is -0.508 e. The first-order chi connectivity index (χ1) is 10.0. The molecule has 2 aromatic carbocycles. The van der Waals surface area contributed by atoms with Crippen LogP contribution in [-0.4, -0.2) is 18.8 Å². The van der Waals surface area contributed by atoms with E-state index in [0.717, 1.165) is 5.56 Å². The maximum Gasteiger partial charge on any atom is 0.123 e. The zero-order valence-corrected chi connectivity index (χ0v) is 12.3. The maximum absolute atomic E-state index is 13.3. The molecule has 0 saturated heterocycles. The number of rotatable bonds is 6. The second kappa shape index (κ2) is 6.70. The number of nitrogens with one attached hydrogen (secondary N) is 1. The summed E-state index contributed by atoms with van der Waals surface area (Å²) in [5.74, 6) is -0.283. The van der Waals surface area contributed by atoms with E-state index < -0.39 is 5.54 Å². The van der Waals surface area contributed by atoms with Crippen molar-refractivity contribution in [2.24, 2.45) is 0 Å². The summed E-state index contributed by atoms with van der Waals surface area (Å²) in [7, 11) is 1.64. The molecule has 0 saturated carbocycles. The molecule has 2 N–H and O–H groups in total. The first-order valence-corrected chi connectivity index (χ1v) is 6.82. The van der Waals surface area contributed by atoms with Gasteiger partial charge in [-0.25, -0.2) is 4.39 Å². The van der Waals surface area contributed by atoms with Crippen molar-refractivity contribution in [1.82, 2.24) is 5.32 Å². The molecule has 0 fully saturated rings. The Morgan fingerprint density at radius 1 is 1.19 bits per heavy atom. The molecule has 0 radical (unpaired) electrons. The van der Waals surface area contributed by atoms with Crippen LogP contribution in [0.4, 0.5) is 4.39 Å². The zero-order chi connectivity index (χ0) is 15.3. The van der Waals surface area contributed by atoms with E-state index in [1.165, 1.54) is 18.2 Å². The molecule has 1 atom stereocenters. The summed E-state index contributed by atoms with van der Waals surface area (Å²) in [4.78, 5) is 0. The lowest BCUT2D eigenvalue weighted by Crippen LogP contribution is -2.43. The largest absolute Gasteiger partial charge is 0.508 e. The van der Waals surface area contributed by atoms with Gasteiger partial charge in [-0.05, 0) is 30.7 Å². The van der Waals surface area contributed by atoms with E-state index in [1.54, 1.807) is 7.11 Å². The number of phenols is 1. The van der Waals surface area contributed by atoms with Crippen LogP contribution in [-0.2, 0) is 16.8 Å². The Bertz CT molecular complexity index is 589. The van der Waals surface area contributed by atoms with Crippen LogP contribution < -0.4 is 5.32 Å². The topological polar surface area (TPSA) is 41.5 Å². The normalized spacial score (nSPS) is 13.9. The molecule has 0 unspecified atom stereocenters. The molecule has 112 valence electrons. The summed E-state index contributed by atoms with van der Waals surface area (Å²) in [5.41, 5.74) is 1.17.